The standard InChI is InChI=1S/C27H40O5/c1-9-17(5)11-23(29)31-25-21(16(3)4)15-27(8)19(7)13-20(28)14-22(27)26(25)32-24(30)12-18(6)10-2/h9-10,19,21-22,25-26H,3,11-15H2,1-2,4-8H3/b17-9-,18-10-/t19-,21+,22+,25+,26-,27+/m0/s1. The van der Waals surface area contributed by atoms with Crippen molar-refractivity contribution in [2.45, 2.75) is 92.8 Å². The van der Waals surface area contributed by atoms with Gasteiger partial charge in [0.05, 0.1) is 12.8 Å². The van der Waals surface area contributed by atoms with E-state index in [0.29, 0.717) is 12.8 Å². The van der Waals surface area contributed by atoms with Crippen molar-refractivity contribution in [2.24, 2.45) is 23.2 Å². The molecule has 0 aromatic rings. The molecule has 0 spiro atoms. The molecule has 0 bridgehead atoms. The van der Waals surface area contributed by atoms with E-state index in [2.05, 4.69) is 20.4 Å². The Morgan fingerprint density at radius 3 is 1.97 bits per heavy atom. The van der Waals surface area contributed by atoms with E-state index in [0.717, 1.165) is 23.1 Å². The van der Waals surface area contributed by atoms with Crippen molar-refractivity contribution >= 4 is 17.7 Å². The van der Waals surface area contributed by atoms with Crippen LogP contribution in [-0.4, -0.2) is 29.9 Å². The molecule has 0 unspecified atom stereocenters. The number of allylic oxidation sites excluding steroid dienone is 2. The summed E-state index contributed by atoms with van der Waals surface area (Å²) in [7, 11) is 0. The van der Waals surface area contributed by atoms with Crippen molar-refractivity contribution in [3.8, 4) is 0 Å². The highest BCUT2D eigenvalue weighted by Gasteiger charge is 2.58. The maximum absolute atomic E-state index is 12.8. The first-order valence-electron chi connectivity index (χ1n) is 11.7. The number of Topliss-reactive ketones (excluding diaryl/α,β-unsaturated/α-hetero) is 1. The lowest BCUT2D eigenvalue weighted by Crippen LogP contribution is -2.59. The van der Waals surface area contributed by atoms with Crippen LogP contribution in [-0.2, 0) is 23.9 Å². The number of fused-ring (bicyclic) bond motifs is 1. The normalized spacial score (nSPS) is 33.3. The molecule has 2 fully saturated rings. The van der Waals surface area contributed by atoms with Crippen molar-refractivity contribution in [1.29, 1.82) is 0 Å². The van der Waals surface area contributed by atoms with Gasteiger partial charge in [-0.2, -0.15) is 0 Å². The predicted molar refractivity (Wildman–Crippen MR) is 126 cm³/mol. The fraction of sp³-hybridized carbons (Fsp3) is 0.667. The molecule has 2 aliphatic rings. The number of hydrogen-bond donors (Lipinski definition) is 0. The van der Waals surface area contributed by atoms with Crippen molar-refractivity contribution in [2.75, 3.05) is 0 Å². The molecule has 0 N–H and O–H groups in total. The predicted octanol–water partition coefficient (Wildman–Crippen LogP) is 5.74. The minimum atomic E-state index is -0.672. The maximum atomic E-state index is 12.8. The van der Waals surface area contributed by atoms with Crippen LogP contribution in [0.2, 0.25) is 0 Å². The summed E-state index contributed by atoms with van der Waals surface area (Å²) >= 11 is 0. The zero-order valence-electron chi connectivity index (χ0n) is 20.8. The minimum Gasteiger partial charge on any atom is -0.458 e. The largest absolute Gasteiger partial charge is 0.458 e. The fourth-order valence-electron chi connectivity index (χ4n) is 5.19. The third kappa shape index (κ3) is 5.79. The molecule has 0 saturated heterocycles. The second-order valence-electron chi connectivity index (χ2n) is 10.1. The van der Waals surface area contributed by atoms with Gasteiger partial charge in [0.15, 0.2) is 0 Å². The van der Waals surface area contributed by atoms with E-state index in [1.54, 1.807) is 0 Å². The average Bonchev–Trinajstić information content (AvgIpc) is 2.70. The van der Waals surface area contributed by atoms with Crippen LogP contribution in [0.4, 0.5) is 0 Å². The molecule has 2 aliphatic carbocycles. The van der Waals surface area contributed by atoms with Crippen LogP contribution in [0.1, 0.15) is 80.6 Å². The molecule has 2 saturated carbocycles. The van der Waals surface area contributed by atoms with Gasteiger partial charge in [-0.05, 0) is 52.4 Å². The zero-order chi connectivity index (χ0) is 24.2. The quantitative estimate of drug-likeness (QED) is 0.370. The van der Waals surface area contributed by atoms with Gasteiger partial charge in [0, 0.05) is 24.7 Å². The van der Waals surface area contributed by atoms with Crippen molar-refractivity contribution in [1.82, 2.24) is 0 Å². The van der Waals surface area contributed by atoms with Crippen LogP contribution >= 0.6 is 0 Å². The number of hydrogen-bond acceptors (Lipinski definition) is 5. The Bertz CT molecular complexity index is 820. The highest BCUT2D eigenvalue weighted by atomic mass is 16.6. The van der Waals surface area contributed by atoms with Gasteiger partial charge in [-0.25, -0.2) is 0 Å². The molecule has 0 amide bonds. The van der Waals surface area contributed by atoms with E-state index >= 15 is 0 Å². The maximum Gasteiger partial charge on any atom is 0.310 e. The molecule has 2 rings (SSSR count). The third-order valence-electron chi connectivity index (χ3n) is 7.73. The van der Waals surface area contributed by atoms with Crippen LogP contribution in [0.3, 0.4) is 0 Å². The van der Waals surface area contributed by atoms with Crippen LogP contribution in [0, 0.1) is 23.2 Å². The van der Waals surface area contributed by atoms with Gasteiger partial charge < -0.3 is 9.47 Å². The Kier molecular flexibility index (Phi) is 8.67. The Morgan fingerprint density at radius 2 is 1.50 bits per heavy atom. The lowest BCUT2D eigenvalue weighted by molar-refractivity contribution is -0.202. The molecule has 0 heterocycles. The SMILES string of the molecule is C=C(C)[C@H]1C[C@@]2(C)[C@H](CC(=O)C[C@@H]2C)[C@H](OC(=O)C/C(C)=C\C)[C@@H]1OC(=O)C/C(C)=C\C. The average molecular weight is 445 g/mol. The fourth-order valence-corrected chi connectivity index (χ4v) is 5.19. The Hall–Kier alpha value is -2.17. The van der Waals surface area contributed by atoms with Crippen LogP contribution < -0.4 is 0 Å². The minimum absolute atomic E-state index is 0.137. The summed E-state index contributed by atoms with van der Waals surface area (Å²) in [6.07, 6.45) is 4.43. The van der Waals surface area contributed by atoms with Crippen LogP contribution in [0.5, 0.6) is 0 Å². The molecule has 178 valence electrons. The number of esters is 2. The molecule has 5 nitrogen and oxygen atoms in total. The molecule has 0 aromatic heterocycles. The van der Waals surface area contributed by atoms with Gasteiger partial charge in [-0.1, -0.05) is 49.3 Å². The molecule has 0 aliphatic heterocycles. The van der Waals surface area contributed by atoms with Crippen LogP contribution in [0.15, 0.2) is 35.5 Å². The summed E-state index contributed by atoms with van der Waals surface area (Å²) in [6.45, 7) is 17.9. The lowest BCUT2D eigenvalue weighted by Gasteiger charge is -2.56. The van der Waals surface area contributed by atoms with Gasteiger partial charge >= 0.3 is 11.9 Å². The van der Waals surface area contributed by atoms with Gasteiger partial charge in [0.2, 0.25) is 0 Å². The second kappa shape index (κ2) is 10.6. The topological polar surface area (TPSA) is 69.7 Å². The van der Waals surface area contributed by atoms with Crippen LogP contribution in [0.25, 0.3) is 0 Å². The van der Waals surface area contributed by atoms with Gasteiger partial charge in [0.1, 0.15) is 18.0 Å². The Morgan fingerprint density at radius 1 is 1.00 bits per heavy atom. The molecule has 0 radical (unpaired) electrons. The zero-order valence-corrected chi connectivity index (χ0v) is 20.8. The van der Waals surface area contributed by atoms with E-state index < -0.39 is 12.2 Å². The van der Waals surface area contributed by atoms with E-state index in [-0.39, 0.29) is 53.7 Å². The van der Waals surface area contributed by atoms with Crippen molar-refractivity contribution in [3.63, 3.8) is 0 Å². The summed E-state index contributed by atoms with van der Waals surface area (Å²) in [5, 5.41) is 0. The van der Waals surface area contributed by atoms with Gasteiger partial charge in [0.25, 0.3) is 0 Å². The summed E-state index contributed by atoms with van der Waals surface area (Å²) < 4.78 is 12.1. The summed E-state index contributed by atoms with van der Waals surface area (Å²) in [5.41, 5.74) is 2.52. The van der Waals surface area contributed by atoms with Gasteiger partial charge in [-0.3, -0.25) is 14.4 Å². The molecule has 6 atom stereocenters. The molecular weight excluding hydrogens is 404 g/mol. The first-order chi connectivity index (χ1) is 14.9. The van der Waals surface area contributed by atoms with E-state index in [1.165, 1.54) is 0 Å². The lowest BCUT2D eigenvalue weighted by atomic mass is 9.51. The Balaban J connectivity index is 2.46. The summed E-state index contributed by atoms with van der Waals surface area (Å²) in [5.74, 6) is -0.703. The molecule has 5 heteroatoms. The smallest absolute Gasteiger partial charge is 0.310 e. The third-order valence-corrected chi connectivity index (χ3v) is 7.73. The monoisotopic (exact) mass is 444 g/mol. The Labute approximate surface area is 193 Å². The summed E-state index contributed by atoms with van der Waals surface area (Å²) in [6, 6.07) is 0. The number of carbonyl (C=O) groups excluding carboxylic acids is 3. The highest BCUT2D eigenvalue weighted by Crippen LogP contribution is 2.56. The molecule has 32 heavy (non-hydrogen) atoms. The first kappa shape index (κ1) is 26.1. The van der Waals surface area contributed by atoms with Crippen molar-refractivity contribution in [3.05, 3.63) is 35.5 Å². The number of ether oxygens (including phenoxy) is 2. The number of rotatable bonds is 7. The second-order valence-corrected chi connectivity index (χ2v) is 10.1. The first-order valence-corrected chi connectivity index (χ1v) is 11.7. The molecular formula is C27H40O5. The highest BCUT2D eigenvalue weighted by molar-refractivity contribution is 5.80. The van der Waals surface area contributed by atoms with Crippen molar-refractivity contribution < 1.29 is 23.9 Å². The van der Waals surface area contributed by atoms with E-state index in [9.17, 15) is 14.4 Å². The van der Waals surface area contributed by atoms with Gasteiger partial charge in [-0.15, -0.1) is 0 Å². The van der Waals surface area contributed by atoms with E-state index in [4.69, 9.17) is 9.47 Å². The number of ketones is 1. The number of carbonyl (C=O) groups is 3. The van der Waals surface area contributed by atoms with E-state index in [1.807, 2.05) is 46.8 Å². The molecule has 0 aromatic carbocycles. The summed E-state index contributed by atoms with van der Waals surface area (Å²) in [4.78, 5) is 38.2.